The molecule has 0 aromatic heterocycles. The molecule has 0 aromatic rings. The van der Waals surface area contributed by atoms with Crippen LogP contribution in [0.2, 0.25) is 0 Å². The lowest BCUT2D eigenvalue weighted by Crippen LogP contribution is -1.76. The van der Waals surface area contributed by atoms with Gasteiger partial charge in [0.05, 0.1) is 0 Å². The molecule has 6 heavy (non-hydrogen) atoms. The molecule has 0 bridgehead atoms. The van der Waals surface area contributed by atoms with Crippen molar-refractivity contribution in [1.29, 1.82) is 0 Å². The number of hydrogen-bond acceptors (Lipinski definition) is 1. The molecule has 0 saturated heterocycles. The van der Waals surface area contributed by atoms with Crippen molar-refractivity contribution in [1.82, 2.24) is 0 Å². The minimum atomic E-state index is 0.0463. The Balaban J connectivity index is 3.30. The van der Waals surface area contributed by atoms with Crippen molar-refractivity contribution in [3.05, 3.63) is 19.1 Å². The van der Waals surface area contributed by atoms with Crippen LogP contribution >= 0.6 is 0 Å². The molecule has 0 rings (SSSR count). The van der Waals surface area contributed by atoms with Gasteiger partial charge < -0.3 is 0 Å². The Bertz CT molecular complexity index is 72.0. The van der Waals surface area contributed by atoms with E-state index < -0.39 is 0 Å². The first kappa shape index (κ1) is 5.41. The molecule has 33 valence electrons. The number of allylic oxidation sites excluding steroid dienone is 2. The summed E-state index contributed by atoms with van der Waals surface area (Å²) in [5, 5.41) is 0. The summed E-state index contributed by atoms with van der Waals surface area (Å²) in [4.78, 5) is 9.92. The maximum absolute atomic E-state index is 9.92. The Morgan fingerprint density at radius 2 is 2.33 bits per heavy atom. The fourth-order valence-electron chi connectivity index (χ4n) is 0.166. The summed E-state index contributed by atoms with van der Waals surface area (Å²) in [5.41, 5.74) is 0. The van der Waals surface area contributed by atoms with Gasteiger partial charge in [0.2, 0.25) is 0 Å². The molecule has 0 saturated carbocycles. The zero-order chi connectivity index (χ0) is 4.99. The third-order valence-electron chi connectivity index (χ3n) is 0.353. The molecule has 0 aliphatic rings. The largest absolute Gasteiger partial charge is 0.295 e. The highest BCUT2D eigenvalue weighted by molar-refractivity contribution is 5.87. The van der Waals surface area contributed by atoms with Crippen molar-refractivity contribution in [2.75, 3.05) is 0 Å². The van der Waals surface area contributed by atoms with Gasteiger partial charge in [0.1, 0.15) is 0 Å². The van der Waals surface area contributed by atoms with Gasteiger partial charge in [-0.2, -0.15) is 0 Å². The molecular weight excluding hydrogens is 76.1 g/mol. The first-order valence-electron chi connectivity index (χ1n) is 1.73. The fourth-order valence-corrected chi connectivity index (χ4v) is 0.166. The standard InChI is InChI=1S/C5H7O/c1-3-4-5(2)6/h3-4H,1H2,2H3. The number of ketones is 1. The van der Waals surface area contributed by atoms with Gasteiger partial charge in [-0.15, -0.1) is 0 Å². The Morgan fingerprint density at radius 1 is 1.83 bits per heavy atom. The lowest BCUT2D eigenvalue weighted by Gasteiger charge is -1.68. The first-order valence-corrected chi connectivity index (χ1v) is 1.73. The predicted molar refractivity (Wildman–Crippen MR) is 25.2 cm³/mol. The minimum Gasteiger partial charge on any atom is -0.295 e. The highest BCUT2D eigenvalue weighted by atomic mass is 16.1. The Hall–Kier alpha value is -0.590. The molecule has 0 fully saturated rings. The van der Waals surface area contributed by atoms with E-state index in [4.69, 9.17) is 0 Å². The molecule has 0 aromatic carbocycles. The van der Waals surface area contributed by atoms with Crippen LogP contribution in [-0.4, -0.2) is 5.78 Å². The molecule has 0 unspecified atom stereocenters. The summed E-state index contributed by atoms with van der Waals surface area (Å²) >= 11 is 0. The van der Waals surface area contributed by atoms with Crippen molar-refractivity contribution < 1.29 is 4.79 Å². The van der Waals surface area contributed by atoms with Crippen LogP contribution in [0.5, 0.6) is 0 Å². The molecule has 0 N–H and O–H groups in total. The molecule has 0 aliphatic heterocycles. The van der Waals surface area contributed by atoms with Gasteiger partial charge in [-0.3, -0.25) is 4.79 Å². The second-order valence-corrected chi connectivity index (χ2v) is 1.01. The van der Waals surface area contributed by atoms with E-state index in [-0.39, 0.29) is 5.78 Å². The smallest absolute Gasteiger partial charge is 0.152 e. The third kappa shape index (κ3) is 3.41. The van der Waals surface area contributed by atoms with Gasteiger partial charge in [0.25, 0.3) is 0 Å². The highest BCUT2D eigenvalue weighted by Crippen LogP contribution is 1.68. The summed E-state index contributed by atoms with van der Waals surface area (Å²) in [5.74, 6) is 0.0463. The summed E-state index contributed by atoms with van der Waals surface area (Å²) < 4.78 is 0. The quantitative estimate of drug-likeness (QED) is 0.431. The number of hydrogen-bond donors (Lipinski definition) is 0. The van der Waals surface area contributed by atoms with Gasteiger partial charge in [-0.05, 0) is 19.9 Å². The molecule has 0 atom stereocenters. The van der Waals surface area contributed by atoms with E-state index in [1.165, 1.54) is 19.1 Å². The average molecular weight is 83.1 g/mol. The molecule has 1 radical (unpaired) electrons. The van der Waals surface area contributed by atoms with Gasteiger partial charge >= 0.3 is 0 Å². The molecule has 0 aliphatic carbocycles. The molecule has 1 nitrogen and oxygen atoms in total. The minimum absolute atomic E-state index is 0.0463. The van der Waals surface area contributed by atoms with Crippen LogP contribution in [0.25, 0.3) is 0 Å². The van der Waals surface area contributed by atoms with Crippen LogP contribution in [0.4, 0.5) is 0 Å². The van der Waals surface area contributed by atoms with Gasteiger partial charge in [-0.25, -0.2) is 0 Å². The van der Waals surface area contributed by atoms with E-state index in [0.29, 0.717) is 0 Å². The van der Waals surface area contributed by atoms with Crippen LogP contribution in [0.15, 0.2) is 12.2 Å². The van der Waals surface area contributed by atoms with Crippen molar-refractivity contribution in [3.8, 4) is 0 Å². The van der Waals surface area contributed by atoms with E-state index >= 15 is 0 Å². The van der Waals surface area contributed by atoms with Gasteiger partial charge in [-0.1, -0.05) is 6.08 Å². The van der Waals surface area contributed by atoms with E-state index in [0.717, 1.165) is 0 Å². The lowest BCUT2D eigenvalue weighted by atomic mass is 10.4. The molecule has 1 heteroatoms. The molecular formula is C5H7O. The monoisotopic (exact) mass is 83.0 g/mol. The number of carbonyl (C=O) groups excluding carboxylic acids is 1. The van der Waals surface area contributed by atoms with Gasteiger partial charge in [0.15, 0.2) is 5.78 Å². The zero-order valence-electron chi connectivity index (χ0n) is 3.77. The topological polar surface area (TPSA) is 17.1 Å². The first-order chi connectivity index (χ1) is 2.77. The molecule has 0 spiro atoms. The SMILES string of the molecule is [CH2]C=CC(C)=O. The molecule has 0 amide bonds. The summed E-state index contributed by atoms with van der Waals surface area (Å²) in [7, 11) is 0. The van der Waals surface area contributed by atoms with Crippen molar-refractivity contribution in [2.45, 2.75) is 6.92 Å². The van der Waals surface area contributed by atoms with Gasteiger partial charge in [0, 0.05) is 0 Å². The van der Waals surface area contributed by atoms with Crippen LogP contribution in [-0.2, 0) is 4.79 Å². The van der Waals surface area contributed by atoms with E-state index in [2.05, 4.69) is 6.92 Å². The molecule has 0 heterocycles. The van der Waals surface area contributed by atoms with Crippen LogP contribution in [0.3, 0.4) is 0 Å². The number of rotatable bonds is 1. The highest BCUT2D eigenvalue weighted by Gasteiger charge is 1.73. The third-order valence-corrected chi connectivity index (χ3v) is 0.353. The second kappa shape index (κ2) is 2.64. The predicted octanol–water partition coefficient (Wildman–Crippen LogP) is 0.966. The Morgan fingerprint density at radius 3 is 2.33 bits per heavy atom. The summed E-state index contributed by atoms with van der Waals surface area (Å²) in [6.07, 6.45) is 2.89. The van der Waals surface area contributed by atoms with E-state index in [9.17, 15) is 4.79 Å². The van der Waals surface area contributed by atoms with Crippen molar-refractivity contribution >= 4 is 5.78 Å². The van der Waals surface area contributed by atoms with Crippen LogP contribution in [0.1, 0.15) is 6.92 Å². The lowest BCUT2D eigenvalue weighted by molar-refractivity contribution is -0.112. The number of carbonyl (C=O) groups is 1. The Kier molecular flexibility index (Phi) is 2.38. The average Bonchev–Trinajstić information content (AvgIpc) is 1.35. The summed E-state index contributed by atoms with van der Waals surface area (Å²) in [6, 6.07) is 0. The Labute approximate surface area is 37.7 Å². The zero-order valence-corrected chi connectivity index (χ0v) is 3.77. The van der Waals surface area contributed by atoms with E-state index in [1.807, 2.05) is 0 Å². The van der Waals surface area contributed by atoms with E-state index in [1.54, 1.807) is 0 Å². The second-order valence-electron chi connectivity index (χ2n) is 1.01. The van der Waals surface area contributed by atoms with Crippen molar-refractivity contribution in [3.63, 3.8) is 0 Å². The maximum Gasteiger partial charge on any atom is 0.152 e. The van der Waals surface area contributed by atoms with Crippen molar-refractivity contribution in [2.24, 2.45) is 0 Å². The fraction of sp³-hybridized carbons (Fsp3) is 0.200. The van der Waals surface area contributed by atoms with Crippen LogP contribution < -0.4 is 0 Å². The van der Waals surface area contributed by atoms with Crippen LogP contribution in [0, 0.1) is 6.92 Å². The normalized spacial score (nSPS) is 9.67. The maximum atomic E-state index is 9.92. The summed E-state index contributed by atoms with van der Waals surface area (Å²) in [6.45, 7) is 4.81.